The first-order chi connectivity index (χ1) is 13.1. The van der Waals surface area contributed by atoms with Crippen LogP contribution < -0.4 is 5.32 Å². The SMILES string of the molecule is Cc1ccc2c(NC(=O)Cc3sc(-c4ccccc4)nc3C)cccc2n1. The topological polar surface area (TPSA) is 54.9 Å². The van der Waals surface area contributed by atoms with E-state index in [9.17, 15) is 4.79 Å². The van der Waals surface area contributed by atoms with Gasteiger partial charge in [0.15, 0.2) is 0 Å². The number of nitrogens with zero attached hydrogens (tertiary/aromatic N) is 2. The third-order valence-corrected chi connectivity index (χ3v) is 5.59. The molecule has 0 bridgehead atoms. The molecule has 0 saturated carbocycles. The summed E-state index contributed by atoms with van der Waals surface area (Å²) in [4.78, 5) is 22.8. The number of carbonyl (C=O) groups excluding carboxylic acids is 1. The highest BCUT2D eigenvalue weighted by molar-refractivity contribution is 7.15. The number of rotatable bonds is 4. The zero-order chi connectivity index (χ0) is 18.8. The van der Waals surface area contributed by atoms with Crippen LogP contribution in [0.1, 0.15) is 16.3 Å². The molecule has 5 heteroatoms. The van der Waals surface area contributed by atoms with E-state index in [2.05, 4.69) is 15.3 Å². The third-order valence-electron chi connectivity index (χ3n) is 4.38. The summed E-state index contributed by atoms with van der Waals surface area (Å²) in [5, 5.41) is 4.92. The molecule has 0 aliphatic carbocycles. The number of fused-ring (bicyclic) bond motifs is 1. The first-order valence-electron chi connectivity index (χ1n) is 8.78. The molecule has 1 N–H and O–H groups in total. The van der Waals surface area contributed by atoms with E-state index in [0.29, 0.717) is 6.42 Å². The standard InChI is InChI=1S/C22H19N3OS/c1-14-11-12-17-18(23-14)9-6-10-19(17)25-21(26)13-20-15(2)24-22(27-20)16-7-4-3-5-8-16/h3-12H,13H2,1-2H3,(H,25,26). The van der Waals surface area contributed by atoms with E-state index < -0.39 is 0 Å². The molecule has 0 aliphatic rings. The lowest BCUT2D eigenvalue weighted by Gasteiger charge is -2.08. The second kappa shape index (κ2) is 7.29. The van der Waals surface area contributed by atoms with Crippen molar-refractivity contribution in [3.05, 3.63) is 76.9 Å². The normalized spacial score (nSPS) is 10.9. The van der Waals surface area contributed by atoms with Gasteiger partial charge in [-0.3, -0.25) is 9.78 Å². The molecule has 4 rings (SSSR count). The van der Waals surface area contributed by atoms with E-state index in [0.717, 1.165) is 43.4 Å². The van der Waals surface area contributed by atoms with Crippen LogP contribution in [0.3, 0.4) is 0 Å². The summed E-state index contributed by atoms with van der Waals surface area (Å²) in [5.41, 5.74) is 4.61. The summed E-state index contributed by atoms with van der Waals surface area (Å²) < 4.78 is 0. The Kier molecular flexibility index (Phi) is 4.69. The van der Waals surface area contributed by atoms with Gasteiger partial charge in [0, 0.05) is 21.5 Å². The molecule has 0 unspecified atom stereocenters. The van der Waals surface area contributed by atoms with Gasteiger partial charge in [0.1, 0.15) is 5.01 Å². The molecule has 134 valence electrons. The monoisotopic (exact) mass is 373 g/mol. The molecular formula is C22H19N3OS. The summed E-state index contributed by atoms with van der Waals surface area (Å²) in [5.74, 6) is -0.0468. The number of hydrogen-bond acceptors (Lipinski definition) is 4. The minimum atomic E-state index is -0.0468. The van der Waals surface area contributed by atoms with Crippen molar-refractivity contribution in [1.29, 1.82) is 0 Å². The molecule has 0 atom stereocenters. The highest BCUT2D eigenvalue weighted by Crippen LogP contribution is 2.28. The summed E-state index contributed by atoms with van der Waals surface area (Å²) in [6, 6.07) is 19.8. The molecule has 2 heterocycles. The maximum atomic E-state index is 12.6. The fourth-order valence-electron chi connectivity index (χ4n) is 3.00. The summed E-state index contributed by atoms with van der Waals surface area (Å²) in [6.45, 7) is 3.91. The number of hydrogen-bond donors (Lipinski definition) is 1. The molecule has 2 aromatic heterocycles. The van der Waals surface area contributed by atoms with Crippen LogP contribution in [0.2, 0.25) is 0 Å². The Bertz CT molecular complexity index is 1120. The number of thiazole rings is 1. The summed E-state index contributed by atoms with van der Waals surface area (Å²) in [7, 11) is 0. The molecule has 4 aromatic rings. The predicted octanol–water partition coefficient (Wildman–Crippen LogP) is 5.16. The van der Waals surface area contributed by atoms with E-state index in [-0.39, 0.29) is 5.91 Å². The molecular weight excluding hydrogens is 354 g/mol. The predicted molar refractivity (Wildman–Crippen MR) is 111 cm³/mol. The van der Waals surface area contributed by atoms with Crippen molar-refractivity contribution in [3.63, 3.8) is 0 Å². The second-order valence-electron chi connectivity index (χ2n) is 6.44. The van der Waals surface area contributed by atoms with Gasteiger partial charge in [0.05, 0.1) is 23.3 Å². The zero-order valence-electron chi connectivity index (χ0n) is 15.2. The largest absolute Gasteiger partial charge is 0.325 e. The minimum absolute atomic E-state index is 0.0468. The van der Waals surface area contributed by atoms with Gasteiger partial charge in [0.2, 0.25) is 5.91 Å². The average Bonchev–Trinajstić information content (AvgIpc) is 3.03. The lowest BCUT2D eigenvalue weighted by atomic mass is 10.1. The maximum Gasteiger partial charge on any atom is 0.229 e. The number of pyridine rings is 1. The highest BCUT2D eigenvalue weighted by atomic mass is 32.1. The molecule has 4 nitrogen and oxygen atoms in total. The lowest BCUT2D eigenvalue weighted by molar-refractivity contribution is -0.115. The summed E-state index contributed by atoms with van der Waals surface area (Å²) >= 11 is 1.57. The van der Waals surface area contributed by atoms with Crippen molar-refractivity contribution in [1.82, 2.24) is 9.97 Å². The fraction of sp³-hybridized carbons (Fsp3) is 0.136. The Morgan fingerprint density at radius 3 is 2.59 bits per heavy atom. The first kappa shape index (κ1) is 17.4. The molecule has 0 fully saturated rings. The van der Waals surface area contributed by atoms with E-state index in [1.54, 1.807) is 11.3 Å². The number of carbonyl (C=O) groups is 1. The molecule has 0 saturated heterocycles. The van der Waals surface area contributed by atoms with Gasteiger partial charge >= 0.3 is 0 Å². The molecule has 0 aliphatic heterocycles. The molecule has 27 heavy (non-hydrogen) atoms. The van der Waals surface area contributed by atoms with Crippen LogP contribution in [-0.4, -0.2) is 15.9 Å². The Hall–Kier alpha value is -3.05. The van der Waals surface area contributed by atoms with Crippen LogP contribution in [0.25, 0.3) is 21.5 Å². The van der Waals surface area contributed by atoms with Gasteiger partial charge in [-0.15, -0.1) is 11.3 Å². The van der Waals surface area contributed by atoms with Crippen LogP contribution >= 0.6 is 11.3 Å². The van der Waals surface area contributed by atoms with Crippen molar-refractivity contribution in [2.45, 2.75) is 20.3 Å². The molecule has 1 amide bonds. The maximum absolute atomic E-state index is 12.6. The van der Waals surface area contributed by atoms with Crippen molar-refractivity contribution >= 4 is 33.8 Å². The van der Waals surface area contributed by atoms with Crippen LogP contribution in [-0.2, 0) is 11.2 Å². The number of amides is 1. The molecule has 0 spiro atoms. The quantitative estimate of drug-likeness (QED) is 0.538. The Morgan fingerprint density at radius 2 is 1.78 bits per heavy atom. The van der Waals surface area contributed by atoms with Crippen LogP contribution in [0.15, 0.2) is 60.7 Å². The van der Waals surface area contributed by atoms with Gasteiger partial charge in [-0.05, 0) is 38.1 Å². The Morgan fingerprint density at radius 1 is 0.963 bits per heavy atom. The Labute approximate surface area is 161 Å². The van der Waals surface area contributed by atoms with E-state index in [4.69, 9.17) is 0 Å². The van der Waals surface area contributed by atoms with Crippen molar-refractivity contribution in [2.24, 2.45) is 0 Å². The highest BCUT2D eigenvalue weighted by Gasteiger charge is 2.14. The van der Waals surface area contributed by atoms with Gasteiger partial charge in [-0.2, -0.15) is 0 Å². The number of aryl methyl sites for hydroxylation is 2. The van der Waals surface area contributed by atoms with Crippen LogP contribution in [0.4, 0.5) is 5.69 Å². The van der Waals surface area contributed by atoms with Crippen molar-refractivity contribution in [2.75, 3.05) is 5.32 Å². The van der Waals surface area contributed by atoms with Crippen LogP contribution in [0.5, 0.6) is 0 Å². The number of anilines is 1. The van der Waals surface area contributed by atoms with Crippen molar-refractivity contribution < 1.29 is 4.79 Å². The van der Waals surface area contributed by atoms with Gasteiger partial charge in [-0.25, -0.2) is 4.98 Å². The second-order valence-corrected chi connectivity index (χ2v) is 7.53. The van der Waals surface area contributed by atoms with Gasteiger partial charge in [0.25, 0.3) is 0 Å². The fourth-order valence-corrected chi connectivity index (χ4v) is 4.07. The third kappa shape index (κ3) is 3.73. The van der Waals surface area contributed by atoms with E-state index in [1.165, 1.54) is 0 Å². The van der Waals surface area contributed by atoms with Crippen LogP contribution in [0, 0.1) is 13.8 Å². The molecule has 0 radical (unpaired) electrons. The smallest absolute Gasteiger partial charge is 0.229 e. The van der Waals surface area contributed by atoms with Crippen molar-refractivity contribution in [3.8, 4) is 10.6 Å². The number of nitrogens with one attached hydrogen (secondary N) is 1. The van der Waals surface area contributed by atoms with Gasteiger partial charge in [-0.1, -0.05) is 36.4 Å². The zero-order valence-corrected chi connectivity index (χ0v) is 16.0. The minimum Gasteiger partial charge on any atom is -0.325 e. The number of aromatic nitrogens is 2. The van der Waals surface area contributed by atoms with E-state index in [1.807, 2.05) is 74.5 Å². The number of benzene rings is 2. The Balaban J connectivity index is 1.55. The average molecular weight is 373 g/mol. The van der Waals surface area contributed by atoms with Gasteiger partial charge < -0.3 is 5.32 Å². The molecule has 2 aromatic carbocycles. The first-order valence-corrected chi connectivity index (χ1v) is 9.60. The summed E-state index contributed by atoms with van der Waals surface area (Å²) in [6.07, 6.45) is 0.312. The lowest BCUT2D eigenvalue weighted by Crippen LogP contribution is -2.14. The van der Waals surface area contributed by atoms with E-state index >= 15 is 0 Å².